The van der Waals surface area contributed by atoms with Crippen LogP contribution in [0.2, 0.25) is 0 Å². The number of nitrogens with zero attached hydrogens (tertiary/aromatic N) is 3. The molecule has 1 aliphatic carbocycles. The van der Waals surface area contributed by atoms with E-state index in [9.17, 15) is 13.2 Å². The van der Waals surface area contributed by atoms with E-state index in [4.69, 9.17) is 4.98 Å². The third kappa shape index (κ3) is 7.95. The van der Waals surface area contributed by atoms with E-state index < -0.39 is 6.36 Å². The molecule has 0 amide bonds. The second kappa shape index (κ2) is 12.3. The predicted molar refractivity (Wildman–Crippen MR) is 145 cm³/mol. The Morgan fingerprint density at radius 2 is 1.81 bits per heavy atom. The van der Waals surface area contributed by atoms with Crippen molar-refractivity contribution in [3.63, 3.8) is 0 Å². The number of aryl methyl sites for hydroxylation is 1. The first-order valence-electron chi connectivity index (χ1n) is 12.6. The van der Waals surface area contributed by atoms with Crippen LogP contribution in [0.25, 0.3) is 10.9 Å². The summed E-state index contributed by atoms with van der Waals surface area (Å²) in [5, 5.41) is 8.07. The molecule has 2 aromatic carbocycles. The molecule has 2 N–H and O–H groups in total. The van der Waals surface area contributed by atoms with Gasteiger partial charge in [0, 0.05) is 36.5 Å². The Kier molecular flexibility index (Phi) is 9.13. The molecule has 1 saturated carbocycles. The van der Waals surface area contributed by atoms with E-state index in [-0.39, 0.29) is 5.75 Å². The summed E-state index contributed by atoms with van der Waals surface area (Å²) >= 11 is 3.21. The van der Waals surface area contributed by atoms with Gasteiger partial charge in [-0.2, -0.15) is 4.98 Å². The number of nitrogens with one attached hydrogen (secondary N) is 2. The van der Waals surface area contributed by atoms with Crippen LogP contribution in [0.1, 0.15) is 37.7 Å². The molecule has 0 saturated heterocycles. The third-order valence-electron chi connectivity index (χ3n) is 6.71. The first-order chi connectivity index (χ1) is 17.7. The molecule has 1 aliphatic rings. The molecule has 1 fully saturated rings. The SMILES string of the molecule is CN(C)c1nc(NCC2CCC(NCCCc3ccc(Br)cc3OC(F)(F)F)CC2)nc2ccccc12. The molecule has 3 aromatic rings. The van der Waals surface area contributed by atoms with Crippen molar-refractivity contribution in [1.82, 2.24) is 15.3 Å². The number of hydrogen-bond donors (Lipinski definition) is 2. The zero-order valence-corrected chi connectivity index (χ0v) is 22.7. The van der Waals surface area contributed by atoms with E-state index in [2.05, 4.69) is 36.3 Å². The number of hydrogen-bond acceptors (Lipinski definition) is 6. The lowest BCUT2D eigenvalue weighted by Gasteiger charge is -2.29. The number of ether oxygens (including phenoxy) is 1. The maximum Gasteiger partial charge on any atom is 0.573 e. The Morgan fingerprint density at radius 1 is 1.05 bits per heavy atom. The molecule has 6 nitrogen and oxygen atoms in total. The third-order valence-corrected chi connectivity index (χ3v) is 7.21. The molecule has 0 atom stereocenters. The van der Waals surface area contributed by atoms with E-state index in [0.717, 1.165) is 61.9 Å². The smallest absolute Gasteiger partial charge is 0.405 e. The van der Waals surface area contributed by atoms with E-state index in [1.165, 1.54) is 6.07 Å². The van der Waals surface area contributed by atoms with Gasteiger partial charge in [0.1, 0.15) is 11.6 Å². The fourth-order valence-corrected chi connectivity index (χ4v) is 5.17. The lowest BCUT2D eigenvalue weighted by molar-refractivity contribution is -0.274. The second-order valence-electron chi connectivity index (χ2n) is 9.74. The van der Waals surface area contributed by atoms with Crippen LogP contribution in [-0.4, -0.2) is 49.6 Å². The number of para-hydroxylation sites is 1. The van der Waals surface area contributed by atoms with E-state index in [1.807, 2.05) is 43.3 Å². The van der Waals surface area contributed by atoms with Crippen molar-refractivity contribution in [2.24, 2.45) is 5.92 Å². The van der Waals surface area contributed by atoms with Crippen molar-refractivity contribution in [2.45, 2.75) is 50.9 Å². The van der Waals surface area contributed by atoms with Gasteiger partial charge in [-0.1, -0.05) is 34.1 Å². The highest BCUT2D eigenvalue weighted by molar-refractivity contribution is 9.10. The van der Waals surface area contributed by atoms with Gasteiger partial charge >= 0.3 is 6.36 Å². The van der Waals surface area contributed by atoms with Crippen LogP contribution < -0.4 is 20.3 Å². The largest absolute Gasteiger partial charge is 0.573 e. The fraction of sp³-hybridized carbons (Fsp3) is 0.481. The van der Waals surface area contributed by atoms with Gasteiger partial charge in [-0.3, -0.25) is 0 Å². The van der Waals surface area contributed by atoms with Crippen molar-refractivity contribution in [3.05, 3.63) is 52.5 Å². The van der Waals surface area contributed by atoms with Gasteiger partial charge in [-0.25, -0.2) is 4.98 Å². The average molecular weight is 580 g/mol. The molecule has 0 bridgehead atoms. The number of aromatic nitrogens is 2. The van der Waals surface area contributed by atoms with Crippen LogP contribution >= 0.6 is 15.9 Å². The summed E-state index contributed by atoms with van der Waals surface area (Å²) in [6.45, 7) is 1.59. The summed E-state index contributed by atoms with van der Waals surface area (Å²) in [7, 11) is 3.97. The quantitative estimate of drug-likeness (QED) is 0.265. The maximum absolute atomic E-state index is 12.7. The predicted octanol–water partition coefficient (Wildman–Crippen LogP) is 6.55. The molecular weight excluding hydrogens is 547 g/mol. The number of rotatable bonds is 10. The Balaban J connectivity index is 1.20. The van der Waals surface area contributed by atoms with E-state index in [0.29, 0.717) is 34.4 Å². The monoisotopic (exact) mass is 579 g/mol. The molecule has 1 heterocycles. The standard InChI is InChI=1S/C27H33BrF3N5O/c1-36(2)25-22-7-3-4-8-23(22)34-26(35-25)33-17-18-9-13-21(14-10-18)32-15-5-6-19-11-12-20(28)16-24(19)37-27(29,30)31/h3-4,7-8,11-12,16,18,21,32H,5-6,9-10,13-15,17H2,1-2H3,(H,33,34,35). The van der Waals surface area contributed by atoms with Gasteiger partial charge in [0.05, 0.1) is 5.52 Å². The summed E-state index contributed by atoms with van der Waals surface area (Å²) < 4.78 is 42.9. The summed E-state index contributed by atoms with van der Waals surface area (Å²) in [5.41, 5.74) is 1.49. The topological polar surface area (TPSA) is 62.3 Å². The second-order valence-corrected chi connectivity index (χ2v) is 10.7. The summed E-state index contributed by atoms with van der Waals surface area (Å²) in [5.74, 6) is 1.98. The number of fused-ring (bicyclic) bond motifs is 1. The summed E-state index contributed by atoms with van der Waals surface area (Å²) in [6, 6.07) is 13.3. The Morgan fingerprint density at radius 3 is 2.54 bits per heavy atom. The first-order valence-corrected chi connectivity index (χ1v) is 13.4. The molecular formula is C27H33BrF3N5O. The molecule has 4 rings (SSSR count). The molecule has 0 unspecified atom stereocenters. The Hall–Kier alpha value is -2.59. The number of anilines is 2. The molecule has 10 heteroatoms. The van der Waals surface area contributed by atoms with Gasteiger partial charge in [0.25, 0.3) is 0 Å². The number of alkyl halides is 3. The van der Waals surface area contributed by atoms with Crippen molar-refractivity contribution >= 4 is 38.6 Å². The zero-order valence-electron chi connectivity index (χ0n) is 21.1. The van der Waals surface area contributed by atoms with Crippen molar-refractivity contribution in [1.29, 1.82) is 0 Å². The molecule has 0 radical (unpaired) electrons. The minimum atomic E-state index is -4.70. The number of halogens is 4. The number of benzene rings is 2. The van der Waals surface area contributed by atoms with Gasteiger partial charge in [-0.05, 0) is 80.8 Å². The molecule has 0 aliphatic heterocycles. The highest BCUT2D eigenvalue weighted by Gasteiger charge is 2.32. The van der Waals surface area contributed by atoms with Crippen LogP contribution in [-0.2, 0) is 6.42 Å². The van der Waals surface area contributed by atoms with E-state index in [1.54, 1.807) is 12.1 Å². The first kappa shape index (κ1) is 27.4. The van der Waals surface area contributed by atoms with Gasteiger partial charge < -0.3 is 20.3 Å². The summed E-state index contributed by atoms with van der Waals surface area (Å²) in [6.07, 6.45) is 0.931. The normalized spacial score (nSPS) is 18.1. The highest BCUT2D eigenvalue weighted by atomic mass is 79.9. The van der Waals surface area contributed by atoms with Crippen LogP contribution in [0.15, 0.2) is 46.9 Å². The van der Waals surface area contributed by atoms with Gasteiger partial charge in [0.15, 0.2) is 0 Å². The maximum atomic E-state index is 12.7. The van der Waals surface area contributed by atoms with E-state index >= 15 is 0 Å². The minimum Gasteiger partial charge on any atom is -0.405 e. The zero-order chi connectivity index (χ0) is 26.4. The van der Waals surface area contributed by atoms with Crippen LogP contribution in [0.3, 0.4) is 0 Å². The van der Waals surface area contributed by atoms with Crippen molar-refractivity contribution in [2.75, 3.05) is 37.4 Å². The Bertz CT molecular complexity index is 1180. The van der Waals surface area contributed by atoms with Crippen molar-refractivity contribution in [3.8, 4) is 5.75 Å². The van der Waals surface area contributed by atoms with Crippen LogP contribution in [0.4, 0.5) is 24.9 Å². The highest BCUT2D eigenvalue weighted by Crippen LogP contribution is 2.30. The van der Waals surface area contributed by atoms with Crippen LogP contribution in [0.5, 0.6) is 5.75 Å². The van der Waals surface area contributed by atoms with Crippen molar-refractivity contribution < 1.29 is 17.9 Å². The van der Waals surface area contributed by atoms with Gasteiger partial charge in [-0.15, -0.1) is 13.2 Å². The van der Waals surface area contributed by atoms with Gasteiger partial charge in [0.2, 0.25) is 5.95 Å². The molecule has 200 valence electrons. The molecule has 1 aromatic heterocycles. The molecule has 0 spiro atoms. The fourth-order valence-electron chi connectivity index (χ4n) is 4.83. The van der Waals surface area contributed by atoms with Crippen LogP contribution in [0, 0.1) is 5.92 Å². The lowest BCUT2D eigenvalue weighted by Crippen LogP contribution is -2.35. The average Bonchev–Trinajstić information content (AvgIpc) is 2.85. The Labute approximate surface area is 224 Å². The minimum absolute atomic E-state index is 0.136. The molecule has 37 heavy (non-hydrogen) atoms. The lowest BCUT2D eigenvalue weighted by atomic mass is 9.86. The summed E-state index contributed by atoms with van der Waals surface area (Å²) in [4.78, 5) is 11.4.